The molecule has 1 aliphatic rings. The standard InChI is InChI=1S/C25H17ClFNO4/c1-31-16-9-6-14(7-10-16)13-28-22(17-4-2-3-5-19(17)27)21-23(29)18-12-15(26)8-11-20(18)32-24(21)25(28)30/h2-12,22H,13H2,1H3. The minimum atomic E-state index is -0.930. The molecule has 5 rings (SSSR count). The van der Waals surface area contributed by atoms with Gasteiger partial charge in [-0.15, -0.1) is 0 Å². The van der Waals surface area contributed by atoms with E-state index in [0.29, 0.717) is 10.8 Å². The Morgan fingerprint density at radius 1 is 1.06 bits per heavy atom. The van der Waals surface area contributed by atoms with Crippen molar-refractivity contribution in [2.75, 3.05) is 7.11 Å². The fraction of sp³-hybridized carbons (Fsp3) is 0.120. The van der Waals surface area contributed by atoms with E-state index in [2.05, 4.69) is 0 Å². The molecular weight excluding hydrogens is 433 g/mol. The molecule has 0 fully saturated rings. The van der Waals surface area contributed by atoms with Gasteiger partial charge in [-0.2, -0.15) is 0 Å². The van der Waals surface area contributed by atoms with Crippen LogP contribution >= 0.6 is 11.6 Å². The zero-order valence-corrected chi connectivity index (χ0v) is 17.7. The molecule has 5 nitrogen and oxygen atoms in total. The summed E-state index contributed by atoms with van der Waals surface area (Å²) in [7, 11) is 1.57. The van der Waals surface area contributed by atoms with Crippen LogP contribution in [0.2, 0.25) is 5.02 Å². The van der Waals surface area contributed by atoms with Crippen molar-refractivity contribution in [1.82, 2.24) is 4.90 Å². The second-order valence-corrected chi connectivity index (χ2v) is 7.96. The molecular formula is C25H17ClFNO4. The number of carbonyl (C=O) groups excluding carboxylic acids is 1. The highest BCUT2D eigenvalue weighted by Gasteiger charge is 2.43. The van der Waals surface area contributed by atoms with Crippen molar-refractivity contribution in [3.63, 3.8) is 0 Å². The van der Waals surface area contributed by atoms with E-state index in [4.69, 9.17) is 20.8 Å². The van der Waals surface area contributed by atoms with Crippen LogP contribution < -0.4 is 10.2 Å². The summed E-state index contributed by atoms with van der Waals surface area (Å²) in [6.07, 6.45) is 0. The van der Waals surface area contributed by atoms with E-state index in [0.717, 1.165) is 5.56 Å². The molecule has 32 heavy (non-hydrogen) atoms. The molecule has 0 bridgehead atoms. The minimum absolute atomic E-state index is 0.0772. The third-order valence-electron chi connectivity index (χ3n) is 5.64. The van der Waals surface area contributed by atoms with Crippen molar-refractivity contribution in [2.24, 2.45) is 0 Å². The van der Waals surface area contributed by atoms with Crippen molar-refractivity contribution < 1.29 is 18.3 Å². The molecule has 1 amide bonds. The monoisotopic (exact) mass is 449 g/mol. The Kier molecular flexibility index (Phi) is 4.94. The molecule has 160 valence electrons. The van der Waals surface area contributed by atoms with Crippen molar-refractivity contribution in [2.45, 2.75) is 12.6 Å². The topological polar surface area (TPSA) is 59.8 Å². The molecule has 1 unspecified atom stereocenters. The second kappa shape index (κ2) is 7.80. The third-order valence-corrected chi connectivity index (χ3v) is 5.87. The quantitative estimate of drug-likeness (QED) is 0.422. The van der Waals surface area contributed by atoms with Gasteiger partial charge in [-0.05, 0) is 42.0 Å². The molecule has 3 aromatic carbocycles. The molecule has 0 saturated carbocycles. The largest absolute Gasteiger partial charge is 0.497 e. The van der Waals surface area contributed by atoms with Crippen LogP contribution in [0.5, 0.6) is 5.75 Å². The first kappa shape index (κ1) is 20.3. The van der Waals surface area contributed by atoms with Crippen LogP contribution in [0.1, 0.15) is 33.3 Å². The lowest BCUT2D eigenvalue weighted by atomic mass is 9.98. The van der Waals surface area contributed by atoms with E-state index in [-0.39, 0.29) is 34.4 Å². The van der Waals surface area contributed by atoms with Gasteiger partial charge in [-0.1, -0.05) is 41.9 Å². The normalized spacial score (nSPS) is 15.3. The van der Waals surface area contributed by atoms with Crippen molar-refractivity contribution in [1.29, 1.82) is 0 Å². The predicted octanol–water partition coefficient (Wildman–Crippen LogP) is 5.34. The maximum atomic E-state index is 14.9. The summed E-state index contributed by atoms with van der Waals surface area (Å²) in [5.74, 6) is -0.386. The number of carbonyl (C=O) groups is 1. The SMILES string of the molecule is COc1ccc(CN2C(=O)c3oc4ccc(Cl)cc4c(=O)c3C2c2ccccc2F)cc1. The fourth-order valence-electron chi connectivity index (χ4n) is 4.10. The van der Waals surface area contributed by atoms with Crippen molar-refractivity contribution in [3.05, 3.63) is 110 Å². The Balaban J connectivity index is 1.71. The van der Waals surface area contributed by atoms with E-state index < -0.39 is 23.2 Å². The van der Waals surface area contributed by atoms with Gasteiger partial charge in [0.15, 0.2) is 5.43 Å². The van der Waals surface area contributed by atoms with Gasteiger partial charge in [0, 0.05) is 17.1 Å². The molecule has 1 aliphatic heterocycles. The summed E-state index contributed by atoms with van der Waals surface area (Å²) in [6, 6.07) is 17.0. The first-order chi connectivity index (χ1) is 15.5. The molecule has 2 heterocycles. The zero-order chi connectivity index (χ0) is 22.4. The number of hydrogen-bond donors (Lipinski definition) is 0. The van der Waals surface area contributed by atoms with E-state index >= 15 is 0 Å². The van der Waals surface area contributed by atoms with Crippen LogP contribution in [0.3, 0.4) is 0 Å². The van der Waals surface area contributed by atoms with Gasteiger partial charge in [0.1, 0.15) is 17.1 Å². The lowest BCUT2D eigenvalue weighted by Gasteiger charge is -2.25. The number of benzene rings is 3. The summed E-state index contributed by atoms with van der Waals surface area (Å²) >= 11 is 6.08. The average Bonchev–Trinajstić information content (AvgIpc) is 3.07. The molecule has 0 aliphatic carbocycles. The number of nitrogens with zero attached hydrogens (tertiary/aromatic N) is 1. The molecule has 4 aromatic rings. The highest BCUT2D eigenvalue weighted by molar-refractivity contribution is 6.31. The predicted molar refractivity (Wildman–Crippen MR) is 119 cm³/mol. The van der Waals surface area contributed by atoms with Crippen LogP contribution in [0.15, 0.2) is 75.9 Å². The Morgan fingerprint density at radius 3 is 2.53 bits per heavy atom. The smallest absolute Gasteiger partial charge is 0.291 e. The first-order valence-corrected chi connectivity index (χ1v) is 10.3. The summed E-state index contributed by atoms with van der Waals surface area (Å²) in [6.45, 7) is 0.155. The average molecular weight is 450 g/mol. The number of fused-ring (bicyclic) bond motifs is 2. The summed E-state index contributed by atoms with van der Waals surface area (Å²) in [4.78, 5) is 28.3. The highest BCUT2D eigenvalue weighted by Crippen LogP contribution is 2.40. The maximum Gasteiger partial charge on any atom is 0.291 e. The second-order valence-electron chi connectivity index (χ2n) is 7.52. The van der Waals surface area contributed by atoms with Crippen LogP contribution in [0.4, 0.5) is 4.39 Å². The van der Waals surface area contributed by atoms with Crippen LogP contribution in [-0.2, 0) is 6.54 Å². The molecule has 0 radical (unpaired) electrons. The van der Waals surface area contributed by atoms with E-state index in [1.165, 1.54) is 17.0 Å². The van der Waals surface area contributed by atoms with Crippen LogP contribution in [-0.4, -0.2) is 17.9 Å². The molecule has 1 atom stereocenters. The Labute approximate surface area is 187 Å². The highest BCUT2D eigenvalue weighted by atomic mass is 35.5. The number of halogens is 2. The first-order valence-electron chi connectivity index (χ1n) is 9.92. The Bertz CT molecular complexity index is 1410. The fourth-order valence-corrected chi connectivity index (χ4v) is 4.28. The molecule has 0 spiro atoms. The van der Waals surface area contributed by atoms with Crippen molar-refractivity contribution in [3.8, 4) is 5.75 Å². The van der Waals surface area contributed by atoms with Gasteiger partial charge in [0.2, 0.25) is 5.76 Å². The molecule has 0 N–H and O–H groups in total. The number of amides is 1. The molecule has 0 saturated heterocycles. The van der Waals surface area contributed by atoms with Gasteiger partial charge >= 0.3 is 0 Å². The van der Waals surface area contributed by atoms with Gasteiger partial charge in [-0.3, -0.25) is 9.59 Å². The number of methoxy groups -OCH3 is 1. The minimum Gasteiger partial charge on any atom is -0.497 e. The number of ether oxygens (including phenoxy) is 1. The molecule has 1 aromatic heterocycles. The van der Waals surface area contributed by atoms with Gasteiger partial charge in [0.25, 0.3) is 5.91 Å². The summed E-state index contributed by atoms with van der Waals surface area (Å²) in [5.41, 5.74) is 0.992. The van der Waals surface area contributed by atoms with E-state index in [9.17, 15) is 14.0 Å². The summed E-state index contributed by atoms with van der Waals surface area (Å²) < 4.78 is 25.9. The van der Waals surface area contributed by atoms with Crippen LogP contribution in [0, 0.1) is 5.82 Å². The maximum absolute atomic E-state index is 14.9. The Hall–Kier alpha value is -3.64. The van der Waals surface area contributed by atoms with Gasteiger partial charge in [-0.25, -0.2) is 4.39 Å². The van der Waals surface area contributed by atoms with E-state index in [1.807, 2.05) is 12.1 Å². The summed E-state index contributed by atoms with van der Waals surface area (Å²) in [5, 5.41) is 0.614. The van der Waals surface area contributed by atoms with Gasteiger partial charge in [0.05, 0.1) is 24.1 Å². The van der Waals surface area contributed by atoms with Crippen LogP contribution in [0.25, 0.3) is 11.0 Å². The number of hydrogen-bond acceptors (Lipinski definition) is 4. The van der Waals surface area contributed by atoms with E-state index in [1.54, 1.807) is 49.6 Å². The number of rotatable bonds is 4. The molecule has 7 heteroatoms. The van der Waals surface area contributed by atoms with Crippen molar-refractivity contribution >= 4 is 28.5 Å². The third kappa shape index (κ3) is 3.24. The van der Waals surface area contributed by atoms with Gasteiger partial charge < -0.3 is 14.1 Å². The zero-order valence-electron chi connectivity index (χ0n) is 17.0. The Morgan fingerprint density at radius 2 is 1.81 bits per heavy atom. The lowest BCUT2D eigenvalue weighted by Crippen LogP contribution is -2.29. The lowest BCUT2D eigenvalue weighted by molar-refractivity contribution is 0.0712.